The van der Waals surface area contributed by atoms with Crippen molar-refractivity contribution >= 4 is 5.97 Å². The molecule has 0 bridgehead atoms. The molecule has 1 aliphatic rings. The molecule has 1 heterocycles. The molecule has 0 aromatic carbocycles. The van der Waals surface area contributed by atoms with Crippen LogP contribution in [0.25, 0.3) is 0 Å². The van der Waals surface area contributed by atoms with Crippen LogP contribution in [0.1, 0.15) is 0 Å². The average Bonchev–Trinajstić information content (AvgIpc) is 2.19. The van der Waals surface area contributed by atoms with E-state index in [-0.39, 0.29) is 0 Å². The molecule has 0 saturated carbocycles. The van der Waals surface area contributed by atoms with Crippen molar-refractivity contribution in [2.75, 3.05) is 6.61 Å². The molecule has 7 nitrogen and oxygen atoms in total. The molecule has 0 amide bonds. The average molecular weight is 208 g/mol. The Morgan fingerprint density at radius 3 is 2.14 bits per heavy atom. The van der Waals surface area contributed by atoms with E-state index in [0.717, 1.165) is 0 Å². The minimum Gasteiger partial charge on any atom is -0.461 e. The number of carbonyl (C=O) groups excluding carboxylic acids is 1. The topological polar surface area (TPSA) is 127 Å². The molecule has 14 heavy (non-hydrogen) atoms. The standard InChI is InChI=1S/C7H12O7/c8-2-1-14-7(13)6(12)5(11)4(10)3(2)9/h2-6,8-12H,1H2/t2-,3+,4-,5-,6+/m0/s1. The highest BCUT2D eigenvalue weighted by molar-refractivity contribution is 5.75. The fourth-order valence-electron chi connectivity index (χ4n) is 1.11. The van der Waals surface area contributed by atoms with Crippen LogP contribution in [0.3, 0.4) is 0 Å². The van der Waals surface area contributed by atoms with Crippen LogP contribution in [0, 0.1) is 0 Å². The van der Waals surface area contributed by atoms with E-state index in [2.05, 4.69) is 4.74 Å². The van der Waals surface area contributed by atoms with E-state index < -0.39 is 43.1 Å². The largest absolute Gasteiger partial charge is 0.461 e. The minimum atomic E-state index is -1.92. The summed E-state index contributed by atoms with van der Waals surface area (Å²) in [6.07, 6.45) is -8.77. The van der Waals surface area contributed by atoms with Gasteiger partial charge in [0.2, 0.25) is 0 Å². The lowest BCUT2D eigenvalue weighted by Crippen LogP contribution is -2.55. The number of aliphatic hydroxyl groups is 5. The van der Waals surface area contributed by atoms with Crippen LogP contribution in [0.4, 0.5) is 0 Å². The van der Waals surface area contributed by atoms with E-state index in [9.17, 15) is 9.90 Å². The predicted octanol–water partition coefficient (Wildman–Crippen LogP) is -3.65. The van der Waals surface area contributed by atoms with Crippen LogP contribution in [-0.2, 0) is 9.53 Å². The molecule has 1 fully saturated rings. The summed E-state index contributed by atoms with van der Waals surface area (Å²) < 4.78 is 4.33. The van der Waals surface area contributed by atoms with Crippen molar-refractivity contribution in [1.82, 2.24) is 0 Å². The van der Waals surface area contributed by atoms with Crippen LogP contribution >= 0.6 is 0 Å². The highest BCUT2D eigenvalue weighted by Crippen LogP contribution is 2.13. The Labute approximate surface area is 79.2 Å². The molecule has 0 unspecified atom stereocenters. The molecule has 1 saturated heterocycles. The van der Waals surface area contributed by atoms with Gasteiger partial charge < -0.3 is 30.3 Å². The molecule has 0 aromatic heterocycles. The lowest BCUT2D eigenvalue weighted by Gasteiger charge is -2.31. The molecule has 0 aliphatic carbocycles. The normalized spacial score (nSPS) is 45.2. The molecule has 82 valence electrons. The van der Waals surface area contributed by atoms with E-state index in [0.29, 0.717) is 0 Å². The van der Waals surface area contributed by atoms with Gasteiger partial charge in [-0.25, -0.2) is 4.79 Å². The number of rotatable bonds is 0. The minimum absolute atomic E-state index is 0.541. The van der Waals surface area contributed by atoms with E-state index in [1.165, 1.54) is 0 Å². The number of hydrogen-bond acceptors (Lipinski definition) is 7. The molecule has 1 rings (SSSR count). The van der Waals surface area contributed by atoms with Gasteiger partial charge in [-0.1, -0.05) is 0 Å². The fourth-order valence-corrected chi connectivity index (χ4v) is 1.11. The van der Waals surface area contributed by atoms with Gasteiger partial charge in [0.15, 0.2) is 6.10 Å². The zero-order valence-corrected chi connectivity index (χ0v) is 7.15. The number of ether oxygens (including phenoxy) is 1. The monoisotopic (exact) mass is 208 g/mol. The van der Waals surface area contributed by atoms with Gasteiger partial charge in [-0.05, 0) is 0 Å². The van der Waals surface area contributed by atoms with Crippen LogP contribution < -0.4 is 0 Å². The smallest absolute Gasteiger partial charge is 0.337 e. The Bertz CT molecular complexity index is 218. The second-order valence-corrected chi connectivity index (χ2v) is 3.11. The van der Waals surface area contributed by atoms with Crippen molar-refractivity contribution in [2.45, 2.75) is 30.5 Å². The highest BCUT2D eigenvalue weighted by atomic mass is 16.6. The van der Waals surface area contributed by atoms with Crippen molar-refractivity contribution < 1.29 is 35.1 Å². The molecule has 0 spiro atoms. The maximum absolute atomic E-state index is 10.8. The number of hydrogen-bond donors (Lipinski definition) is 5. The summed E-state index contributed by atoms with van der Waals surface area (Å²) in [5.41, 5.74) is 0. The Hall–Kier alpha value is -0.730. The first-order valence-electron chi connectivity index (χ1n) is 4.02. The van der Waals surface area contributed by atoms with Gasteiger partial charge in [0.25, 0.3) is 0 Å². The van der Waals surface area contributed by atoms with Crippen molar-refractivity contribution in [1.29, 1.82) is 0 Å². The maximum atomic E-state index is 10.8. The van der Waals surface area contributed by atoms with Crippen molar-refractivity contribution in [3.05, 3.63) is 0 Å². The summed E-state index contributed by atoms with van der Waals surface area (Å²) in [7, 11) is 0. The highest BCUT2D eigenvalue weighted by Gasteiger charge is 2.40. The van der Waals surface area contributed by atoms with Gasteiger partial charge in [-0.15, -0.1) is 0 Å². The Kier molecular flexibility index (Phi) is 3.40. The van der Waals surface area contributed by atoms with E-state index >= 15 is 0 Å². The molecule has 5 N–H and O–H groups in total. The van der Waals surface area contributed by atoms with E-state index in [1.54, 1.807) is 0 Å². The first-order chi connectivity index (χ1) is 6.45. The van der Waals surface area contributed by atoms with Crippen molar-refractivity contribution in [2.24, 2.45) is 0 Å². The zero-order chi connectivity index (χ0) is 10.9. The molecule has 0 radical (unpaired) electrons. The second-order valence-electron chi connectivity index (χ2n) is 3.11. The summed E-state index contributed by atoms with van der Waals surface area (Å²) >= 11 is 0. The van der Waals surface area contributed by atoms with Gasteiger partial charge >= 0.3 is 5.97 Å². The van der Waals surface area contributed by atoms with Crippen LogP contribution in [-0.4, -0.2) is 68.6 Å². The van der Waals surface area contributed by atoms with Crippen LogP contribution in [0.2, 0.25) is 0 Å². The van der Waals surface area contributed by atoms with Crippen molar-refractivity contribution in [3.8, 4) is 0 Å². The molecular weight excluding hydrogens is 196 g/mol. The Balaban J connectivity index is 2.80. The van der Waals surface area contributed by atoms with Gasteiger partial charge in [0, 0.05) is 0 Å². The zero-order valence-electron chi connectivity index (χ0n) is 7.15. The fraction of sp³-hybridized carbons (Fsp3) is 0.857. The third kappa shape index (κ3) is 2.02. The predicted molar refractivity (Wildman–Crippen MR) is 41.0 cm³/mol. The lowest BCUT2D eigenvalue weighted by atomic mass is 9.98. The maximum Gasteiger partial charge on any atom is 0.337 e. The van der Waals surface area contributed by atoms with Crippen LogP contribution in [0.15, 0.2) is 0 Å². The molecule has 1 aliphatic heterocycles. The summed E-state index contributed by atoms with van der Waals surface area (Å²) in [5, 5.41) is 45.6. The number of aliphatic hydroxyl groups excluding tert-OH is 5. The van der Waals surface area contributed by atoms with Crippen LogP contribution in [0.5, 0.6) is 0 Å². The van der Waals surface area contributed by atoms with Gasteiger partial charge in [0.1, 0.15) is 31.0 Å². The molecular formula is C7H12O7. The first-order valence-corrected chi connectivity index (χ1v) is 4.02. The molecule has 0 aromatic rings. The number of cyclic esters (lactones) is 1. The third-order valence-electron chi connectivity index (χ3n) is 2.06. The summed E-state index contributed by atoms with van der Waals surface area (Å²) in [5.74, 6) is -1.15. The van der Waals surface area contributed by atoms with Gasteiger partial charge in [-0.3, -0.25) is 0 Å². The number of esters is 1. The molecule has 7 heteroatoms. The SMILES string of the molecule is O=C1OC[C@H](O)[C@@H](O)[C@H](O)[C@H](O)[C@H]1O. The van der Waals surface area contributed by atoms with Gasteiger partial charge in [-0.2, -0.15) is 0 Å². The quantitative estimate of drug-likeness (QED) is 0.260. The number of carbonyl (C=O) groups is 1. The second kappa shape index (κ2) is 4.20. The first kappa shape index (κ1) is 11.3. The van der Waals surface area contributed by atoms with Crippen molar-refractivity contribution in [3.63, 3.8) is 0 Å². The lowest BCUT2D eigenvalue weighted by molar-refractivity contribution is -0.192. The Morgan fingerprint density at radius 2 is 1.57 bits per heavy atom. The third-order valence-corrected chi connectivity index (χ3v) is 2.06. The summed E-state index contributed by atoms with van der Waals surface area (Å²) in [4.78, 5) is 10.8. The van der Waals surface area contributed by atoms with E-state index in [4.69, 9.17) is 20.4 Å². The molecule has 5 atom stereocenters. The summed E-state index contributed by atoms with van der Waals surface area (Å²) in [6.45, 7) is -0.541. The summed E-state index contributed by atoms with van der Waals surface area (Å²) in [6, 6.07) is 0. The Morgan fingerprint density at radius 1 is 1.00 bits per heavy atom. The van der Waals surface area contributed by atoms with Gasteiger partial charge in [0.05, 0.1) is 0 Å². The van der Waals surface area contributed by atoms with E-state index in [1.807, 2.05) is 0 Å².